The number of hydrogen-bond donors (Lipinski definition) is 2. The first-order valence-electron chi connectivity index (χ1n) is 9.43. The molecule has 1 aliphatic carbocycles. The highest BCUT2D eigenvalue weighted by Gasteiger charge is 2.43. The Labute approximate surface area is 154 Å². The van der Waals surface area contributed by atoms with Gasteiger partial charge in [0.15, 0.2) is 6.54 Å². The molecule has 1 aromatic carbocycles. The molecule has 25 heavy (non-hydrogen) atoms. The molecule has 2 aliphatic rings. The molecule has 2 heterocycles. The molecule has 0 radical (unpaired) electrons. The third kappa shape index (κ3) is 3.51. The Hall–Kier alpha value is -1.65. The van der Waals surface area contributed by atoms with Crippen LogP contribution in [0.15, 0.2) is 35.7 Å². The Bertz CT molecular complexity index is 763. The molecule has 1 saturated carbocycles. The largest absolute Gasteiger partial charge is 0.321 e. The Morgan fingerprint density at radius 2 is 2.08 bits per heavy atom. The highest BCUT2D eigenvalue weighted by molar-refractivity contribution is 7.10. The minimum atomic E-state index is 0.146. The van der Waals surface area contributed by atoms with E-state index in [4.69, 9.17) is 0 Å². The fraction of sp³-hybridized carbons (Fsp3) is 0.476. The van der Waals surface area contributed by atoms with Crippen LogP contribution < -0.4 is 10.2 Å². The summed E-state index contributed by atoms with van der Waals surface area (Å²) >= 11 is 1.89. The molecule has 2 N–H and O–H groups in total. The van der Waals surface area contributed by atoms with E-state index in [1.165, 1.54) is 28.9 Å². The molecule has 0 bridgehead atoms. The van der Waals surface area contributed by atoms with Crippen LogP contribution in [0.25, 0.3) is 0 Å². The Morgan fingerprint density at radius 3 is 2.84 bits per heavy atom. The SMILES string of the molecule is CC(C)c1ccccc1NC(=O)C[NH+]1CCc2sccc2[C@H]1C1CC1. The average Bonchev–Trinajstić information content (AvgIpc) is 3.31. The number of carbonyl (C=O) groups is 1. The van der Waals surface area contributed by atoms with Crippen molar-refractivity contribution < 1.29 is 9.69 Å². The van der Waals surface area contributed by atoms with Crippen LogP contribution in [0.5, 0.6) is 0 Å². The summed E-state index contributed by atoms with van der Waals surface area (Å²) in [4.78, 5) is 15.8. The number of fused-ring (bicyclic) bond motifs is 1. The van der Waals surface area contributed by atoms with Crippen LogP contribution in [-0.4, -0.2) is 19.0 Å². The number of carbonyl (C=O) groups excluding carboxylic acids is 1. The van der Waals surface area contributed by atoms with Crippen molar-refractivity contribution in [2.75, 3.05) is 18.4 Å². The molecule has 2 atom stereocenters. The molecule has 132 valence electrons. The van der Waals surface area contributed by atoms with E-state index < -0.39 is 0 Å². The standard InChI is InChI=1S/C21H26N2OS/c1-14(2)16-5-3-4-6-18(16)22-20(24)13-23-11-9-19-17(10-12-25-19)21(23)15-7-8-15/h3-6,10,12,14-15,21H,7-9,11,13H2,1-2H3,(H,22,24)/p+1/t21-/m1/s1. The second-order valence-electron chi connectivity index (χ2n) is 7.74. The van der Waals surface area contributed by atoms with Gasteiger partial charge in [0.25, 0.3) is 5.91 Å². The Morgan fingerprint density at radius 1 is 1.28 bits per heavy atom. The van der Waals surface area contributed by atoms with E-state index >= 15 is 0 Å². The van der Waals surface area contributed by atoms with Gasteiger partial charge in [0.05, 0.1) is 6.54 Å². The van der Waals surface area contributed by atoms with Gasteiger partial charge in [-0.15, -0.1) is 11.3 Å². The van der Waals surface area contributed by atoms with E-state index in [1.807, 2.05) is 29.5 Å². The monoisotopic (exact) mass is 355 g/mol. The van der Waals surface area contributed by atoms with E-state index in [-0.39, 0.29) is 5.91 Å². The van der Waals surface area contributed by atoms with Gasteiger partial charge in [-0.25, -0.2) is 0 Å². The predicted molar refractivity (Wildman–Crippen MR) is 103 cm³/mol. The van der Waals surface area contributed by atoms with Gasteiger partial charge in [-0.3, -0.25) is 4.79 Å². The smallest absolute Gasteiger partial charge is 0.279 e. The molecule has 3 nitrogen and oxygen atoms in total. The second kappa shape index (κ2) is 6.93. The highest BCUT2D eigenvalue weighted by Crippen LogP contribution is 2.42. The van der Waals surface area contributed by atoms with Crippen LogP contribution in [0, 0.1) is 5.92 Å². The average molecular weight is 356 g/mol. The fourth-order valence-electron chi connectivity index (χ4n) is 4.21. The molecule has 2 aromatic rings. The summed E-state index contributed by atoms with van der Waals surface area (Å²) in [5.74, 6) is 1.33. The van der Waals surface area contributed by atoms with Crippen molar-refractivity contribution in [1.82, 2.24) is 0 Å². The van der Waals surface area contributed by atoms with Gasteiger partial charge in [-0.2, -0.15) is 0 Å². The number of benzene rings is 1. The van der Waals surface area contributed by atoms with Crippen molar-refractivity contribution in [2.24, 2.45) is 5.92 Å². The van der Waals surface area contributed by atoms with Crippen LogP contribution in [0.1, 0.15) is 54.7 Å². The Balaban J connectivity index is 1.48. The summed E-state index contributed by atoms with van der Waals surface area (Å²) < 4.78 is 0. The zero-order chi connectivity index (χ0) is 17.4. The summed E-state index contributed by atoms with van der Waals surface area (Å²) in [6, 6.07) is 11.0. The van der Waals surface area contributed by atoms with E-state index in [1.54, 1.807) is 4.88 Å². The fourth-order valence-corrected chi connectivity index (χ4v) is 5.14. The molecule has 1 aromatic heterocycles. The van der Waals surface area contributed by atoms with Crippen LogP contribution in [-0.2, 0) is 11.2 Å². The van der Waals surface area contributed by atoms with Gasteiger partial charge in [0.2, 0.25) is 0 Å². The van der Waals surface area contributed by atoms with Crippen LogP contribution >= 0.6 is 11.3 Å². The number of amides is 1. The molecular weight excluding hydrogens is 328 g/mol. The molecule has 1 amide bonds. The lowest BCUT2D eigenvalue weighted by Gasteiger charge is -2.32. The van der Waals surface area contributed by atoms with Gasteiger partial charge in [0, 0.05) is 28.5 Å². The zero-order valence-corrected chi connectivity index (χ0v) is 15.9. The van der Waals surface area contributed by atoms with Crippen molar-refractivity contribution in [3.63, 3.8) is 0 Å². The highest BCUT2D eigenvalue weighted by atomic mass is 32.1. The summed E-state index contributed by atoms with van der Waals surface area (Å²) in [6.45, 7) is 5.99. The molecular formula is C21H27N2OS+. The third-order valence-electron chi connectivity index (χ3n) is 5.57. The number of thiophene rings is 1. The summed E-state index contributed by atoms with van der Waals surface area (Å²) in [7, 11) is 0. The van der Waals surface area contributed by atoms with E-state index in [0.29, 0.717) is 18.5 Å². The lowest BCUT2D eigenvalue weighted by molar-refractivity contribution is -0.928. The van der Waals surface area contributed by atoms with Gasteiger partial charge in [0.1, 0.15) is 6.04 Å². The first-order valence-corrected chi connectivity index (χ1v) is 10.3. The molecule has 4 heteroatoms. The summed E-state index contributed by atoms with van der Waals surface area (Å²) in [5, 5.41) is 5.40. The maximum absolute atomic E-state index is 12.8. The second-order valence-corrected chi connectivity index (χ2v) is 8.74. The van der Waals surface area contributed by atoms with Crippen LogP contribution in [0.3, 0.4) is 0 Å². The third-order valence-corrected chi connectivity index (χ3v) is 6.56. The molecule has 1 unspecified atom stereocenters. The number of quaternary nitrogens is 1. The van der Waals surface area contributed by atoms with Crippen LogP contribution in [0.2, 0.25) is 0 Å². The van der Waals surface area contributed by atoms with Gasteiger partial charge in [-0.1, -0.05) is 32.0 Å². The number of hydrogen-bond acceptors (Lipinski definition) is 2. The quantitative estimate of drug-likeness (QED) is 0.847. The topological polar surface area (TPSA) is 33.5 Å². The van der Waals surface area contributed by atoms with Gasteiger partial charge >= 0.3 is 0 Å². The van der Waals surface area contributed by atoms with Crippen molar-refractivity contribution in [3.05, 3.63) is 51.7 Å². The number of nitrogens with one attached hydrogen (secondary N) is 2. The maximum Gasteiger partial charge on any atom is 0.279 e. The Kier molecular flexibility index (Phi) is 4.65. The van der Waals surface area contributed by atoms with Crippen molar-refractivity contribution in [3.8, 4) is 0 Å². The molecule has 0 saturated heterocycles. The minimum Gasteiger partial charge on any atom is -0.321 e. The lowest BCUT2D eigenvalue weighted by Crippen LogP contribution is -3.14. The molecule has 0 spiro atoms. The van der Waals surface area contributed by atoms with Crippen molar-refractivity contribution in [2.45, 2.75) is 45.1 Å². The number of anilines is 1. The lowest BCUT2D eigenvalue weighted by atomic mass is 9.96. The number of para-hydroxylation sites is 1. The molecule has 1 fully saturated rings. The molecule has 1 aliphatic heterocycles. The van der Waals surface area contributed by atoms with Crippen molar-refractivity contribution in [1.29, 1.82) is 0 Å². The molecule has 4 rings (SSSR count). The summed E-state index contributed by atoms with van der Waals surface area (Å²) in [6.07, 6.45) is 3.75. The summed E-state index contributed by atoms with van der Waals surface area (Å²) in [5.41, 5.74) is 3.70. The van der Waals surface area contributed by atoms with Gasteiger partial charge in [-0.05, 0) is 41.8 Å². The maximum atomic E-state index is 12.8. The van der Waals surface area contributed by atoms with E-state index in [2.05, 4.69) is 36.7 Å². The number of rotatable bonds is 5. The predicted octanol–water partition coefficient (Wildman–Crippen LogP) is 3.40. The first kappa shape index (κ1) is 16.8. The van der Waals surface area contributed by atoms with Crippen LogP contribution in [0.4, 0.5) is 5.69 Å². The van der Waals surface area contributed by atoms with E-state index in [9.17, 15) is 4.79 Å². The zero-order valence-electron chi connectivity index (χ0n) is 15.0. The first-order chi connectivity index (χ1) is 12.1. The van der Waals surface area contributed by atoms with Gasteiger partial charge < -0.3 is 10.2 Å². The van der Waals surface area contributed by atoms with E-state index in [0.717, 1.165) is 24.6 Å². The van der Waals surface area contributed by atoms with Crippen molar-refractivity contribution >= 4 is 22.9 Å². The normalized spacial score (nSPS) is 22.7. The minimum absolute atomic E-state index is 0.146.